The summed E-state index contributed by atoms with van der Waals surface area (Å²) in [7, 11) is 0. The predicted molar refractivity (Wildman–Crippen MR) is 187 cm³/mol. The molecule has 0 bridgehead atoms. The standard InChI is InChI=1S/C41H33FN4/c1-41(2,3)31-18-19-43-40(25-31)46-37-17-15-30(29-9-7-10-32(42)23-29)24-35(37)34-16-14-28(22-39(34)46)20-27-8-6-11-33(21-27)45-26-44-36-12-4-5-13-38(36)45/h4-19,21-26H,20H2,1-3H3. The van der Waals surface area contributed by atoms with E-state index in [-0.39, 0.29) is 11.2 Å². The lowest BCUT2D eigenvalue weighted by molar-refractivity contribution is 0.588. The third-order valence-corrected chi connectivity index (χ3v) is 8.88. The molecule has 0 radical (unpaired) electrons. The van der Waals surface area contributed by atoms with E-state index in [2.05, 4.69) is 114 Å². The summed E-state index contributed by atoms with van der Waals surface area (Å²) in [5.74, 6) is 0.648. The minimum absolute atomic E-state index is 0.0161. The number of hydrogen-bond acceptors (Lipinski definition) is 2. The minimum Gasteiger partial charge on any atom is -0.299 e. The number of aromatic nitrogens is 4. The van der Waals surface area contributed by atoms with Gasteiger partial charge in [-0.25, -0.2) is 14.4 Å². The molecule has 0 N–H and O–H groups in total. The van der Waals surface area contributed by atoms with Gasteiger partial charge in [0.1, 0.15) is 18.0 Å². The van der Waals surface area contributed by atoms with Crippen molar-refractivity contribution < 1.29 is 4.39 Å². The normalized spacial score (nSPS) is 12.0. The Labute approximate surface area is 267 Å². The van der Waals surface area contributed by atoms with Crippen molar-refractivity contribution in [3.05, 3.63) is 156 Å². The highest BCUT2D eigenvalue weighted by Crippen LogP contribution is 2.36. The number of imidazole rings is 1. The summed E-state index contributed by atoms with van der Waals surface area (Å²) >= 11 is 0. The molecule has 0 amide bonds. The van der Waals surface area contributed by atoms with Crippen LogP contribution in [0.1, 0.15) is 37.5 Å². The molecule has 224 valence electrons. The number of pyridine rings is 1. The molecule has 0 saturated carbocycles. The lowest BCUT2D eigenvalue weighted by Gasteiger charge is -2.20. The SMILES string of the molecule is CC(C)(C)c1ccnc(-n2c3ccc(-c4cccc(F)c4)cc3c3ccc(Cc4cccc(-n5cnc6ccccc65)c4)cc32)c1. The van der Waals surface area contributed by atoms with Crippen molar-refractivity contribution in [1.29, 1.82) is 0 Å². The van der Waals surface area contributed by atoms with E-state index >= 15 is 0 Å². The predicted octanol–water partition coefficient (Wildman–Crippen LogP) is 10.2. The lowest BCUT2D eigenvalue weighted by atomic mass is 9.88. The first-order valence-electron chi connectivity index (χ1n) is 15.6. The molecule has 46 heavy (non-hydrogen) atoms. The lowest BCUT2D eigenvalue weighted by Crippen LogP contribution is -2.12. The van der Waals surface area contributed by atoms with Crippen LogP contribution in [0.4, 0.5) is 4.39 Å². The molecular formula is C41H33FN4. The Morgan fingerprint density at radius 3 is 2.33 bits per heavy atom. The summed E-state index contributed by atoms with van der Waals surface area (Å²) < 4.78 is 18.6. The maximum atomic E-state index is 14.2. The third kappa shape index (κ3) is 4.94. The van der Waals surface area contributed by atoms with Crippen LogP contribution in [0, 0.1) is 5.82 Å². The van der Waals surface area contributed by atoms with E-state index in [1.165, 1.54) is 22.8 Å². The molecule has 3 aromatic heterocycles. The van der Waals surface area contributed by atoms with Gasteiger partial charge in [-0.15, -0.1) is 0 Å². The molecule has 0 aliphatic heterocycles. The maximum Gasteiger partial charge on any atom is 0.137 e. The number of benzene rings is 5. The number of rotatable bonds is 5. The Morgan fingerprint density at radius 1 is 0.630 bits per heavy atom. The Hall–Kier alpha value is -5.55. The summed E-state index contributed by atoms with van der Waals surface area (Å²) in [4.78, 5) is 9.46. The van der Waals surface area contributed by atoms with Crippen LogP contribution in [0.5, 0.6) is 0 Å². The second-order valence-corrected chi connectivity index (χ2v) is 13.0. The van der Waals surface area contributed by atoms with Crippen molar-refractivity contribution in [1.82, 2.24) is 19.1 Å². The molecule has 8 aromatic rings. The van der Waals surface area contributed by atoms with Gasteiger partial charge in [0.25, 0.3) is 0 Å². The molecule has 0 unspecified atom stereocenters. The Bertz CT molecular complexity index is 2410. The summed E-state index contributed by atoms with van der Waals surface area (Å²) in [5.41, 5.74) is 10.8. The number of halogens is 1. The molecule has 0 spiro atoms. The zero-order valence-electron chi connectivity index (χ0n) is 26.1. The molecular weight excluding hydrogens is 567 g/mol. The summed E-state index contributed by atoms with van der Waals surface area (Å²) in [5, 5.41) is 2.25. The highest BCUT2D eigenvalue weighted by molar-refractivity contribution is 6.10. The van der Waals surface area contributed by atoms with Crippen LogP contribution in [0.3, 0.4) is 0 Å². The van der Waals surface area contributed by atoms with E-state index in [9.17, 15) is 4.39 Å². The summed E-state index contributed by atoms with van der Waals surface area (Å²) in [6.45, 7) is 6.67. The van der Waals surface area contributed by atoms with E-state index in [0.717, 1.165) is 61.9 Å². The largest absolute Gasteiger partial charge is 0.299 e. The van der Waals surface area contributed by atoms with Crippen LogP contribution >= 0.6 is 0 Å². The van der Waals surface area contributed by atoms with Gasteiger partial charge in [0.05, 0.1) is 22.1 Å². The second-order valence-electron chi connectivity index (χ2n) is 13.0. The van der Waals surface area contributed by atoms with Crippen molar-refractivity contribution in [2.45, 2.75) is 32.6 Å². The second kappa shape index (κ2) is 10.8. The molecule has 0 aliphatic rings. The maximum absolute atomic E-state index is 14.2. The fourth-order valence-electron chi connectivity index (χ4n) is 6.49. The van der Waals surface area contributed by atoms with Crippen LogP contribution in [0.2, 0.25) is 0 Å². The van der Waals surface area contributed by atoms with Gasteiger partial charge >= 0.3 is 0 Å². The molecule has 0 fully saturated rings. The van der Waals surface area contributed by atoms with Crippen molar-refractivity contribution >= 4 is 32.8 Å². The summed E-state index contributed by atoms with van der Waals surface area (Å²) in [6, 6.07) is 41.1. The Balaban J connectivity index is 1.27. The quantitative estimate of drug-likeness (QED) is 0.197. The number of nitrogens with zero attached hydrogens (tertiary/aromatic N) is 4. The zero-order valence-corrected chi connectivity index (χ0v) is 26.1. The van der Waals surface area contributed by atoms with Crippen LogP contribution in [0.25, 0.3) is 55.5 Å². The first-order chi connectivity index (χ1) is 22.3. The molecule has 4 nitrogen and oxygen atoms in total. The van der Waals surface area contributed by atoms with Gasteiger partial charge in [0.15, 0.2) is 0 Å². The molecule has 0 saturated heterocycles. The average Bonchev–Trinajstić information content (AvgIpc) is 3.63. The van der Waals surface area contributed by atoms with E-state index in [4.69, 9.17) is 4.98 Å². The van der Waals surface area contributed by atoms with E-state index < -0.39 is 0 Å². The number of hydrogen-bond donors (Lipinski definition) is 0. The van der Waals surface area contributed by atoms with Crippen LogP contribution in [-0.2, 0) is 11.8 Å². The van der Waals surface area contributed by atoms with Crippen LogP contribution in [0.15, 0.2) is 134 Å². The minimum atomic E-state index is -0.238. The van der Waals surface area contributed by atoms with Gasteiger partial charge in [-0.2, -0.15) is 0 Å². The van der Waals surface area contributed by atoms with Gasteiger partial charge in [-0.3, -0.25) is 9.13 Å². The summed E-state index contributed by atoms with van der Waals surface area (Å²) in [6.07, 6.45) is 4.58. The Morgan fingerprint density at radius 2 is 1.46 bits per heavy atom. The van der Waals surface area contributed by atoms with Crippen molar-refractivity contribution in [2.75, 3.05) is 0 Å². The zero-order chi connectivity index (χ0) is 31.4. The first-order valence-corrected chi connectivity index (χ1v) is 15.6. The molecule has 5 aromatic carbocycles. The average molecular weight is 601 g/mol. The van der Waals surface area contributed by atoms with E-state index in [0.29, 0.717) is 0 Å². The van der Waals surface area contributed by atoms with Gasteiger partial charge in [-0.1, -0.05) is 75.4 Å². The van der Waals surface area contributed by atoms with Crippen molar-refractivity contribution in [2.24, 2.45) is 0 Å². The number of para-hydroxylation sites is 2. The van der Waals surface area contributed by atoms with Gasteiger partial charge in [0, 0.05) is 22.7 Å². The molecule has 8 rings (SSSR count). The molecule has 5 heteroatoms. The topological polar surface area (TPSA) is 35.6 Å². The molecule has 0 atom stereocenters. The van der Waals surface area contributed by atoms with Crippen LogP contribution in [-0.4, -0.2) is 19.1 Å². The van der Waals surface area contributed by atoms with Gasteiger partial charge in [0.2, 0.25) is 0 Å². The fourth-order valence-corrected chi connectivity index (χ4v) is 6.49. The monoisotopic (exact) mass is 600 g/mol. The van der Waals surface area contributed by atoms with Crippen LogP contribution < -0.4 is 0 Å². The number of fused-ring (bicyclic) bond motifs is 4. The fraction of sp³-hybridized carbons (Fsp3) is 0.122. The highest BCUT2D eigenvalue weighted by atomic mass is 19.1. The smallest absolute Gasteiger partial charge is 0.137 e. The molecule has 0 aliphatic carbocycles. The third-order valence-electron chi connectivity index (χ3n) is 8.88. The van der Waals surface area contributed by atoms with E-state index in [1.807, 2.05) is 36.8 Å². The highest BCUT2D eigenvalue weighted by Gasteiger charge is 2.19. The van der Waals surface area contributed by atoms with Crippen molar-refractivity contribution in [3.63, 3.8) is 0 Å². The Kier molecular flexibility index (Phi) is 6.57. The van der Waals surface area contributed by atoms with Gasteiger partial charge < -0.3 is 0 Å². The van der Waals surface area contributed by atoms with Crippen molar-refractivity contribution in [3.8, 4) is 22.6 Å². The molecule has 3 heterocycles. The van der Waals surface area contributed by atoms with E-state index in [1.54, 1.807) is 12.1 Å². The first kappa shape index (κ1) is 28.0. The van der Waals surface area contributed by atoms with Gasteiger partial charge in [-0.05, 0) is 106 Å².